The number of aliphatic hydroxyl groups excluding tert-OH is 1. The van der Waals surface area contributed by atoms with Gasteiger partial charge in [0.05, 0.1) is 6.10 Å². The van der Waals surface area contributed by atoms with Crippen LogP contribution in [-0.2, 0) is 0 Å². The quantitative estimate of drug-likeness (QED) is 0.843. The minimum atomic E-state index is -0.333. The molecule has 2 heteroatoms. The molecule has 1 unspecified atom stereocenters. The van der Waals surface area contributed by atoms with Crippen molar-refractivity contribution < 1.29 is 5.11 Å². The largest absolute Gasteiger partial charge is 0.388 e. The van der Waals surface area contributed by atoms with Crippen molar-refractivity contribution in [2.24, 2.45) is 5.92 Å². The predicted octanol–water partition coefficient (Wildman–Crippen LogP) is 4.32. The van der Waals surface area contributed by atoms with E-state index in [0.717, 1.165) is 30.5 Å². The summed E-state index contributed by atoms with van der Waals surface area (Å²) in [7, 11) is 2.22. The highest BCUT2D eigenvalue weighted by Gasteiger charge is 2.23. The van der Waals surface area contributed by atoms with Crippen molar-refractivity contribution in [3.63, 3.8) is 0 Å². The van der Waals surface area contributed by atoms with Gasteiger partial charge < -0.3 is 10.0 Å². The minimum absolute atomic E-state index is 0.333. The molecule has 2 nitrogen and oxygen atoms in total. The summed E-state index contributed by atoms with van der Waals surface area (Å²) >= 11 is 0. The highest BCUT2D eigenvalue weighted by molar-refractivity contribution is 5.27. The monoisotopic (exact) mass is 289 g/mol. The molecule has 0 spiro atoms. The maximum Gasteiger partial charge on any atom is 0.0804 e. The van der Waals surface area contributed by atoms with Gasteiger partial charge in [-0.05, 0) is 63.1 Å². The van der Waals surface area contributed by atoms with Crippen LogP contribution in [0.15, 0.2) is 24.3 Å². The first-order valence-corrected chi connectivity index (χ1v) is 8.55. The van der Waals surface area contributed by atoms with E-state index >= 15 is 0 Å². The van der Waals surface area contributed by atoms with Gasteiger partial charge in [-0.15, -0.1) is 0 Å². The summed E-state index contributed by atoms with van der Waals surface area (Å²) in [6.07, 6.45) is 7.25. The Morgan fingerprint density at radius 2 is 1.86 bits per heavy atom. The number of aliphatic hydroxyl groups is 1. The van der Waals surface area contributed by atoms with Gasteiger partial charge >= 0.3 is 0 Å². The van der Waals surface area contributed by atoms with Crippen molar-refractivity contribution in [3.05, 3.63) is 35.4 Å². The van der Waals surface area contributed by atoms with E-state index < -0.39 is 0 Å². The summed E-state index contributed by atoms with van der Waals surface area (Å²) < 4.78 is 0. The van der Waals surface area contributed by atoms with Crippen LogP contribution in [0.4, 0.5) is 0 Å². The summed E-state index contributed by atoms with van der Waals surface area (Å²) in [6.45, 7) is 5.37. The van der Waals surface area contributed by atoms with Crippen molar-refractivity contribution in [3.8, 4) is 0 Å². The molecule has 1 aliphatic rings. The van der Waals surface area contributed by atoms with Gasteiger partial charge in [-0.1, -0.05) is 37.6 Å². The predicted molar refractivity (Wildman–Crippen MR) is 89.4 cm³/mol. The third-order valence-corrected chi connectivity index (χ3v) is 5.32. The average Bonchev–Trinajstić information content (AvgIpc) is 2.52. The molecule has 0 heterocycles. The summed E-state index contributed by atoms with van der Waals surface area (Å²) in [5.41, 5.74) is 2.27. The van der Waals surface area contributed by atoms with Crippen LogP contribution in [0.2, 0.25) is 0 Å². The maximum absolute atomic E-state index is 10.4. The lowest BCUT2D eigenvalue weighted by atomic mass is 9.84. The number of rotatable bonds is 6. The van der Waals surface area contributed by atoms with Crippen molar-refractivity contribution in [1.29, 1.82) is 0 Å². The molecule has 21 heavy (non-hydrogen) atoms. The van der Waals surface area contributed by atoms with Crippen LogP contribution in [0.25, 0.3) is 0 Å². The number of nitrogens with zero attached hydrogens (tertiary/aromatic N) is 1. The van der Waals surface area contributed by atoms with Crippen molar-refractivity contribution in [2.45, 2.75) is 64.5 Å². The Kier molecular flexibility index (Phi) is 6.25. The third kappa shape index (κ3) is 4.55. The lowest BCUT2D eigenvalue weighted by molar-refractivity contribution is 0.116. The van der Waals surface area contributed by atoms with E-state index in [9.17, 15) is 5.11 Å². The second-order valence-corrected chi connectivity index (χ2v) is 6.72. The molecule has 1 aliphatic carbocycles. The Bertz CT molecular complexity index is 423. The van der Waals surface area contributed by atoms with E-state index in [0.29, 0.717) is 0 Å². The molecule has 1 N–H and O–H groups in total. The Hall–Kier alpha value is -0.860. The van der Waals surface area contributed by atoms with Crippen LogP contribution in [0.1, 0.15) is 62.7 Å². The van der Waals surface area contributed by atoms with E-state index in [4.69, 9.17) is 0 Å². The zero-order valence-corrected chi connectivity index (χ0v) is 13.9. The van der Waals surface area contributed by atoms with E-state index in [-0.39, 0.29) is 6.10 Å². The van der Waals surface area contributed by atoms with E-state index in [1.165, 1.54) is 37.7 Å². The van der Waals surface area contributed by atoms with Gasteiger partial charge in [-0.25, -0.2) is 0 Å². The van der Waals surface area contributed by atoms with Crippen molar-refractivity contribution >= 4 is 0 Å². The van der Waals surface area contributed by atoms with Gasteiger partial charge in [0.25, 0.3) is 0 Å². The van der Waals surface area contributed by atoms with Crippen LogP contribution in [0.5, 0.6) is 0 Å². The Morgan fingerprint density at radius 1 is 1.19 bits per heavy atom. The normalized spacial score (nSPS) is 24.2. The molecule has 1 aromatic rings. The van der Waals surface area contributed by atoms with Gasteiger partial charge in [0.1, 0.15) is 0 Å². The van der Waals surface area contributed by atoms with E-state index in [1.807, 2.05) is 18.2 Å². The van der Waals surface area contributed by atoms with Gasteiger partial charge in [-0.2, -0.15) is 0 Å². The molecule has 1 aromatic carbocycles. The first-order chi connectivity index (χ1) is 10.1. The van der Waals surface area contributed by atoms with Crippen LogP contribution in [0.3, 0.4) is 0 Å². The third-order valence-electron chi connectivity index (χ3n) is 5.32. The molecule has 2 rings (SSSR count). The zero-order chi connectivity index (χ0) is 15.2. The Labute approximate surface area is 130 Å². The standard InChI is InChI=1S/C19H31NO/c1-4-16-9-11-17(12-10-16)20(3)14-13-19(21)18-8-6-5-7-15(18)2/h5-8,16-17,19,21H,4,9-14H2,1-3H3. The van der Waals surface area contributed by atoms with Crippen molar-refractivity contribution in [2.75, 3.05) is 13.6 Å². The average molecular weight is 289 g/mol. The lowest BCUT2D eigenvalue weighted by Crippen LogP contribution is -2.36. The molecule has 118 valence electrons. The number of hydrogen-bond acceptors (Lipinski definition) is 2. The van der Waals surface area contributed by atoms with Crippen LogP contribution in [-0.4, -0.2) is 29.6 Å². The summed E-state index contributed by atoms with van der Waals surface area (Å²) in [4.78, 5) is 2.47. The number of hydrogen-bond donors (Lipinski definition) is 1. The fourth-order valence-corrected chi connectivity index (χ4v) is 3.62. The summed E-state index contributed by atoms with van der Waals surface area (Å²) in [6, 6.07) is 8.89. The zero-order valence-electron chi connectivity index (χ0n) is 13.9. The molecule has 0 saturated heterocycles. The fraction of sp³-hybridized carbons (Fsp3) is 0.684. The van der Waals surface area contributed by atoms with Crippen molar-refractivity contribution in [1.82, 2.24) is 4.90 Å². The van der Waals surface area contributed by atoms with Crippen LogP contribution >= 0.6 is 0 Å². The molecule has 0 aliphatic heterocycles. The van der Waals surface area contributed by atoms with Crippen LogP contribution < -0.4 is 0 Å². The SMILES string of the molecule is CCC1CCC(N(C)CCC(O)c2ccccc2C)CC1. The first-order valence-electron chi connectivity index (χ1n) is 8.55. The molecule has 1 fully saturated rings. The van der Waals surface area contributed by atoms with E-state index in [1.54, 1.807) is 0 Å². The highest BCUT2D eigenvalue weighted by atomic mass is 16.3. The Morgan fingerprint density at radius 3 is 2.48 bits per heavy atom. The maximum atomic E-state index is 10.4. The smallest absolute Gasteiger partial charge is 0.0804 e. The van der Waals surface area contributed by atoms with Gasteiger partial charge in [-0.3, -0.25) is 0 Å². The molecule has 1 atom stereocenters. The van der Waals surface area contributed by atoms with Crippen LogP contribution in [0, 0.1) is 12.8 Å². The molecule has 1 saturated carbocycles. The molecule has 0 aromatic heterocycles. The molecule has 0 radical (unpaired) electrons. The summed E-state index contributed by atoms with van der Waals surface area (Å²) in [5, 5.41) is 10.4. The molecular formula is C19H31NO. The number of aryl methyl sites for hydroxylation is 1. The highest BCUT2D eigenvalue weighted by Crippen LogP contribution is 2.29. The van der Waals surface area contributed by atoms with Gasteiger partial charge in [0.2, 0.25) is 0 Å². The van der Waals surface area contributed by atoms with E-state index in [2.05, 4.69) is 31.9 Å². The first kappa shape index (κ1) is 16.5. The Balaban J connectivity index is 1.79. The van der Waals surface area contributed by atoms with Gasteiger partial charge in [0, 0.05) is 12.6 Å². The minimum Gasteiger partial charge on any atom is -0.388 e. The summed E-state index contributed by atoms with van der Waals surface area (Å²) in [5.74, 6) is 0.951. The second kappa shape index (κ2) is 7.95. The molecule has 0 bridgehead atoms. The second-order valence-electron chi connectivity index (χ2n) is 6.72. The van der Waals surface area contributed by atoms with Gasteiger partial charge in [0.15, 0.2) is 0 Å². The number of benzene rings is 1. The lowest BCUT2D eigenvalue weighted by Gasteiger charge is -2.34. The molecule has 0 amide bonds. The fourth-order valence-electron chi connectivity index (χ4n) is 3.62. The molecular weight excluding hydrogens is 258 g/mol. The topological polar surface area (TPSA) is 23.5 Å².